The van der Waals surface area contributed by atoms with Gasteiger partial charge in [0, 0.05) is 25.7 Å². The summed E-state index contributed by atoms with van der Waals surface area (Å²) in [4.78, 5) is 27.3. The lowest BCUT2D eigenvalue weighted by Crippen LogP contribution is -2.53. The zero-order chi connectivity index (χ0) is 14.5. The summed E-state index contributed by atoms with van der Waals surface area (Å²) in [6.45, 7) is 6.15. The molecule has 2 aliphatic heterocycles. The normalized spacial score (nSPS) is 28.1. The molecular weight excluding hydrogens is 258 g/mol. The van der Waals surface area contributed by atoms with Crippen molar-refractivity contribution >= 4 is 12.0 Å². The molecule has 2 saturated heterocycles. The third-order valence-corrected chi connectivity index (χ3v) is 4.34. The molecule has 2 rings (SSSR count). The van der Waals surface area contributed by atoms with Crippen LogP contribution in [0.25, 0.3) is 0 Å². The SMILES string of the molecule is CCN1CCCC(NC(=O)N2CCC[C@H](C(=O)O)C2)C1. The molecule has 0 aromatic heterocycles. The maximum atomic E-state index is 12.2. The Morgan fingerprint density at radius 3 is 2.65 bits per heavy atom. The van der Waals surface area contributed by atoms with Crippen LogP contribution in [0.2, 0.25) is 0 Å². The number of carbonyl (C=O) groups is 2. The van der Waals surface area contributed by atoms with E-state index in [2.05, 4.69) is 17.1 Å². The van der Waals surface area contributed by atoms with Gasteiger partial charge in [0.15, 0.2) is 0 Å². The third-order valence-electron chi connectivity index (χ3n) is 4.34. The number of likely N-dealkylation sites (tertiary alicyclic amines) is 2. The van der Waals surface area contributed by atoms with Crippen LogP contribution in [0.15, 0.2) is 0 Å². The zero-order valence-corrected chi connectivity index (χ0v) is 12.2. The minimum Gasteiger partial charge on any atom is -0.481 e. The van der Waals surface area contributed by atoms with E-state index in [0.29, 0.717) is 19.5 Å². The van der Waals surface area contributed by atoms with Crippen LogP contribution in [0.1, 0.15) is 32.6 Å². The Kier molecular flexibility index (Phi) is 5.23. The van der Waals surface area contributed by atoms with Crippen molar-refractivity contribution in [3.05, 3.63) is 0 Å². The van der Waals surface area contributed by atoms with Crippen molar-refractivity contribution < 1.29 is 14.7 Å². The van der Waals surface area contributed by atoms with Crippen LogP contribution >= 0.6 is 0 Å². The van der Waals surface area contributed by atoms with Crippen molar-refractivity contribution in [3.8, 4) is 0 Å². The van der Waals surface area contributed by atoms with Gasteiger partial charge in [-0.15, -0.1) is 0 Å². The number of carboxylic acid groups (broad SMARTS) is 1. The number of rotatable bonds is 3. The highest BCUT2D eigenvalue weighted by atomic mass is 16.4. The summed E-state index contributed by atoms with van der Waals surface area (Å²) in [6.07, 6.45) is 3.57. The van der Waals surface area contributed by atoms with E-state index in [4.69, 9.17) is 5.11 Å². The number of nitrogens with zero attached hydrogens (tertiary/aromatic N) is 2. The quantitative estimate of drug-likeness (QED) is 0.810. The first-order valence-corrected chi connectivity index (χ1v) is 7.60. The first-order chi connectivity index (χ1) is 9.60. The Labute approximate surface area is 120 Å². The molecule has 2 atom stereocenters. The van der Waals surface area contributed by atoms with Gasteiger partial charge in [-0.2, -0.15) is 0 Å². The Morgan fingerprint density at radius 1 is 1.20 bits per heavy atom. The predicted molar refractivity (Wildman–Crippen MR) is 75.6 cm³/mol. The highest BCUT2D eigenvalue weighted by Crippen LogP contribution is 2.17. The van der Waals surface area contributed by atoms with Crippen LogP contribution < -0.4 is 5.32 Å². The summed E-state index contributed by atoms with van der Waals surface area (Å²) in [5.41, 5.74) is 0. The highest BCUT2D eigenvalue weighted by Gasteiger charge is 2.29. The van der Waals surface area contributed by atoms with E-state index < -0.39 is 11.9 Å². The molecular formula is C14H25N3O3. The number of amides is 2. The van der Waals surface area contributed by atoms with Gasteiger partial charge < -0.3 is 20.2 Å². The molecule has 2 N–H and O–H groups in total. The largest absolute Gasteiger partial charge is 0.481 e. The molecule has 0 aliphatic carbocycles. The number of carboxylic acids is 1. The van der Waals surface area contributed by atoms with Gasteiger partial charge in [-0.25, -0.2) is 4.79 Å². The van der Waals surface area contributed by atoms with Crippen LogP contribution in [0.3, 0.4) is 0 Å². The average Bonchev–Trinajstić information content (AvgIpc) is 2.47. The van der Waals surface area contributed by atoms with Gasteiger partial charge in [-0.1, -0.05) is 6.92 Å². The van der Waals surface area contributed by atoms with Crippen LogP contribution in [-0.2, 0) is 4.79 Å². The van der Waals surface area contributed by atoms with Crippen molar-refractivity contribution in [2.24, 2.45) is 5.92 Å². The smallest absolute Gasteiger partial charge is 0.317 e. The van der Waals surface area contributed by atoms with Gasteiger partial charge in [0.25, 0.3) is 0 Å². The Hall–Kier alpha value is -1.30. The zero-order valence-electron chi connectivity index (χ0n) is 12.2. The van der Waals surface area contributed by atoms with Crippen LogP contribution in [0.4, 0.5) is 4.79 Å². The molecule has 0 aromatic rings. The number of nitrogens with one attached hydrogen (secondary N) is 1. The van der Waals surface area contributed by atoms with Gasteiger partial charge in [-0.05, 0) is 38.8 Å². The molecule has 0 radical (unpaired) electrons. The fourth-order valence-corrected chi connectivity index (χ4v) is 3.09. The second-order valence-corrected chi connectivity index (χ2v) is 5.81. The number of likely N-dealkylation sites (N-methyl/N-ethyl adjacent to an activating group) is 1. The summed E-state index contributed by atoms with van der Waals surface area (Å²) in [6, 6.07) is 0.0975. The van der Waals surface area contributed by atoms with Crippen molar-refractivity contribution in [1.82, 2.24) is 15.1 Å². The molecule has 1 unspecified atom stereocenters. The predicted octanol–water partition coefficient (Wildman–Crippen LogP) is 0.977. The molecule has 2 fully saturated rings. The van der Waals surface area contributed by atoms with E-state index in [9.17, 15) is 9.59 Å². The number of carbonyl (C=O) groups excluding carboxylic acids is 1. The number of piperidine rings is 2. The van der Waals surface area contributed by atoms with Crippen molar-refractivity contribution in [2.45, 2.75) is 38.6 Å². The second-order valence-electron chi connectivity index (χ2n) is 5.81. The topological polar surface area (TPSA) is 72.9 Å². The number of hydrogen-bond acceptors (Lipinski definition) is 3. The second kappa shape index (κ2) is 6.92. The molecule has 114 valence electrons. The first-order valence-electron chi connectivity index (χ1n) is 7.60. The van der Waals surface area contributed by atoms with Crippen molar-refractivity contribution in [2.75, 3.05) is 32.7 Å². The van der Waals surface area contributed by atoms with Gasteiger partial charge in [0.1, 0.15) is 0 Å². The van der Waals surface area contributed by atoms with Gasteiger partial charge >= 0.3 is 12.0 Å². The molecule has 0 saturated carbocycles. The van der Waals surface area contributed by atoms with Crippen molar-refractivity contribution in [3.63, 3.8) is 0 Å². The molecule has 6 heteroatoms. The Morgan fingerprint density at radius 2 is 1.95 bits per heavy atom. The van der Waals surface area contributed by atoms with Crippen LogP contribution in [0, 0.1) is 5.92 Å². The van der Waals surface area contributed by atoms with E-state index in [1.165, 1.54) is 0 Å². The lowest BCUT2D eigenvalue weighted by Gasteiger charge is -2.35. The molecule has 2 heterocycles. The fraction of sp³-hybridized carbons (Fsp3) is 0.857. The summed E-state index contributed by atoms with van der Waals surface area (Å²) >= 11 is 0. The lowest BCUT2D eigenvalue weighted by atomic mass is 9.98. The summed E-state index contributed by atoms with van der Waals surface area (Å²) in [5.74, 6) is -1.20. The molecule has 2 aliphatic rings. The summed E-state index contributed by atoms with van der Waals surface area (Å²) in [7, 11) is 0. The Balaban J connectivity index is 1.83. The van der Waals surface area contributed by atoms with Gasteiger partial charge in [0.05, 0.1) is 5.92 Å². The van der Waals surface area contributed by atoms with E-state index in [-0.39, 0.29) is 12.1 Å². The minimum atomic E-state index is -0.794. The molecule has 0 bridgehead atoms. The minimum absolute atomic E-state index is 0.0982. The number of urea groups is 1. The van der Waals surface area contributed by atoms with Crippen LogP contribution in [-0.4, -0.2) is 65.7 Å². The Bertz CT molecular complexity index is 362. The van der Waals surface area contributed by atoms with Crippen LogP contribution in [0.5, 0.6) is 0 Å². The van der Waals surface area contributed by atoms with E-state index >= 15 is 0 Å². The third kappa shape index (κ3) is 3.85. The highest BCUT2D eigenvalue weighted by molar-refractivity contribution is 5.76. The van der Waals surface area contributed by atoms with Crippen molar-refractivity contribution in [1.29, 1.82) is 0 Å². The summed E-state index contributed by atoms with van der Waals surface area (Å²) in [5, 5.41) is 12.1. The number of hydrogen-bond donors (Lipinski definition) is 2. The standard InChI is InChI=1S/C14H25N3O3/c1-2-16-7-4-6-12(10-16)15-14(20)17-8-3-5-11(9-17)13(18)19/h11-12H,2-10H2,1H3,(H,15,20)(H,18,19)/t11-,12?/m0/s1. The van der Waals surface area contributed by atoms with Gasteiger partial charge in [0.2, 0.25) is 0 Å². The van der Waals surface area contributed by atoms with Gasteiger partial charge in [-0.3, -0.25) is 4.79 Å². The average molecular weight is 283 g/mol. The maximum absolute atomic E-state index is 12.2. The molecule has 6 nitrogen and oxygen atoms in total. The summed E-state index contributed by atoms with van der Waals surface area (Å²) < 4.78 is 0. The van der Waals surface area contributed by atoms with E-state index in [1.54, 1.807) is 4.90 Å². The van der Waals surface area contributed by atoms with E-state index in [1.807, 2.05) is 0 Å². The molecule has 20 heavy (non-hydrogen) atoms. The first kappa shape index (κ1) is 15.1. The lowest BCUT2D eigenvalue weighted by molar-refractivity contribution is -0.143. The molecule has 0 spiro atoms. The monoisotopic (exact) mass is 283 g/mol. The molecule has 2 amide bonds. The number of aliphatic carboxylic acids is 1. The maximum Gasteiger partial charge on any atom is 0.317 e. The fourth-order valence-electron chi connectivity index (χ4n) is 3.09. The molecule has 0 aromatic carbocycles. The van der Waals surface area contributed by atoms with E-state index in [0.717, 1.165) is 38.9 Å².